The molecule has 0 fully saturated rings. The maximum atomic E-state index is 12.0. The maximum Gasteiger partial charge on any atom is 0.247 e. The molecule has 0 bridgehead atoms. The molecular weight excluding hydrogens is 322 g/mol. The van der Waals surface area contributed by atoms with Gasteiger partial charge in [-0.15, -0.1) is 11.3 Å². The topological polar surface area (TPSA) is 71.1 Å². The van der Waals surface area contributed by atoms with Gasteiger partial charge in [0.2, 0.25) is 11.8 Å². The second kappa shape index (κ2) is 8.40. The van der Waals surface area contributed by atoms with Gasteiger partial charge < -0.3 is 10.6 Å². The lowest BCUT2D eigenvalue weighted by Crippen LogP contribution is -2.24. The van der Waals surface area contributed by atoms with E-state index in [-0.39, 0.29) is 18.2 Å². The Kier molecular flexibility index (Phi) is 6.26. The van der Waals surface area contributed by atoms with E-state index in [0.717, 1.165) is 16.3 Å². The summed E-state index contributed by atoms with van der Waals surface area (Å²) in [6.45, 7) is 8.04. The summed E-state index contributed by atoms with van der Waals surface area (Å²) >= 11 is 1.56. The van der Waals surface area contributed by atoms with Crippen molar-refractivity contribution in [3.05, 3.63) is 58.6 Å². The molecule has 0 radical (unpaired) electrons. The van der Waals surface area contributed by atoms with Crippen molar-refractivity contribution < 1.29 is 9.59 Å². The van der Waals surface area contributed by atoms with Gasteiger partial charge in [-0.05, 0) is 29.7 Å². The van der Waals surface area contributed by atoms with Gasteiger partial charge >= 0.3 is 0 Å². The van der Waals surface area contributed by atoms with Crippen LogP contribution in [0.15, 0.2) is 42.3 Å². The highest BCUT2D eigenvalue weighted by atomic mass is 32.1. The Morgan fingerprint density at radius 2 is 2.00 bits per heavy atom. The largest absolute Gasteiger partial charge is 0.349 e. The number of aromatic nitrogens is 1. The van der Waals surface area contributed by atoms with Gasteiger partial charge in [-0.2, -0.15) is 0 Å². The number of rotatable bonds is 7. The second-order valence-corrected chi connectivity index (χ2v) is 6.61. The third kappa shape index (κ3) is 5.31. The molecule has 1 aromatic heterocycles. The zero-order chi connectivity index (χ0) is 17.5. The Labute approximate surface area is 145 Å². The van der Waals surface area contributed by atoms with Crippen LogP contribution >= 0.6 is 11.3 Å². The Bertz CT molecular complexity index is 720. The van der Waals surface area contributed by atoms with Crippen LogP contribution in [0.1, 0.15) is 36.0 Å². The van der Waals surface area contributed by atoms with Gasteiger partial charge in [-0.25, -0.2) is 4.98 Å². The number of anilines is 1. The molecule has 1 aromatic carbocycles. The number of thiazole rings is 1. The first-order chi connectivity index (χ1) is 11.5. The molecule has 0 atom stereocenters. The number of hydrogen-bond donors (Lipinski definition) is 2. The van der Waals surface area contributed by atoms with Crippen molar-refractivity contribution in [1.29, 1.82) is 0 Å². The van der Waals surface area contributed by atoms with Gasteiger partial charge in [0.15, 0.2) is 0 Å². The highest BCUT2D eigenvalue weighted by molar-refractivity contribution is 7.09. The van der Waals surface area contributed by atoms with Gasteiger partial charge in [0.1, 0.15) is 5.01 Å². The minimum absolute atomic E-state index is 0.0563. The van der Waals surface area contributed by atoms with E-state index in [1.165, 1.54) is 6.08 Å². The fourth-order valence-corrected chi connectivity index (χ4v) is 2.89. The van der Waals surface area contributed by atoms with E-state index in [1.807, 2.05) is 17.5 Å². The summed E-state index contributed by atoms with van der Waals surface area (Å²) in [6, 6.07) is 7.16. The minimum atomic E-state index is -0.260. The molecule has 5 nitrogen and oxygen atoms in total. The summed E-state index contributed by atoms with van der Waals surface area (Å²) in [6.07, 6.45) is 1.50. The average Bonchev–Trinajstić information content (AvgIpc) is 3.04. The first kappa shape index (κ1) is 17.9. The monoisotopic (exact) mass is 343 g/mol. The molecule has 2 amide bonds. The summed E-state index contributed by atoms with van der Waals surface area (Å²) in [4.78, 5) is 27.7. The van der Waals surface area contributed by atoms with Gasteiger partial charge in [0, 0.05) is 11.1 Å². The Morgan fingerprint density at radius 3 is 2.58 bits per heavy atom. The van der Waals surface area contributed by atoms with Crippen LogP contribution in [0, 0.1) is 0 Å². The predicted octanol–water partition coefficient (Wildman–Crippen LogP) is 3.25. The van der Waals surface area contributed by atoms with E-state index in [0.29, 0.717) is 18.2 Å². The van der Waals surface area contributed by atoms with Crippen molar-refractivity contribution >= 4 is 28.8 Å². The molecule has 0 aliphatic carbocycles. The predicted molar refractivity (Wildman–Crippen MR) is 97.0 cm³/mol. The molecule has 2 N–H and O–H groups in total. The first-order valence-electron chi connectivity index (χ1n) is 7.71. The van der Waals surface area contributed by atoms with Crippen LogP contribution in [0.4, 0.5) is 5.69 Å². The van der Waals surface area contributed by atoms with E-state index < -0.39 is 0 Å². The summed E-state index contributed by atoms with van der Waals surface area (Å²) < 4.78 is 0. The molecule has 0 aliphatic rings. The molecule has 24 heavy (non-hydrogen) atoms. The Hall–Kier alpha value is -2.47. The summed E-state index contributed by atoms with van der Waals surface area (Å²) in [5.41, 5.74) is 2.61. The fourth-order valence-electron chi connectivity index (χ4n) is 1.99. The smallest absolute Gasteiger partial charge is 0.247 e. The maximum absolute atomic E-state index is 12.0. The minimum Gasteiger partial charge on any atom is -0.349 e. The van der Waals surface area contributed by atoms with Crippen LogP contribution in [0.5, 0.6) is 0 Å². The number of hydrogen-bond acceptors (Lipinski definition) is 4. The molecule has 126 valence electrons. The lowest BCUT2D eigenvalue weighted by molar-refractivity contribution is -0.120. The molecule has 0 saturated heterocycles. The zero-order valence-corrected chi connectivity index (χ0v) is 14.7. The summed E-state index contributed by atoms with van der Waals surface area (Å²) in [5.74, 6) is 0.0784. The molecule has 2 aromatic rings. The lowest BCUT2D eigenvalue weighted by atomic mass is 10.1. The highest BCUT2D eigenvalue weighted by Gasteiger charge is 2.08. The van der Waals surface area contributed by atoms with E-state index in [4.69, 9.17) is 0 Å². The Balaban J connectivity index is 1.83. The van der Waals surface area contributed by atoms with Crippen molar-refractivity contribution in [2.24, 2.45) is 0 Å². The van der Waals surface area contributed by atoms with Gasteiger partial charge in [-0.1, -0.05) is 32.6 Å². The van der Waals surface area contributed by atoms with E-state index in [2.05, 4.69) is 36.0 Å². The molecule has 0 spiro atoms. The van der Waals surface area contributed by atoms with Gasteiger partial charge in [0.25, 0.3) is 0 Å². The first-order valence-corrected chi connectivity index (χ1v) is 8.59. The van der Waals surface area contributed by atoms with Gasteiger partial charge in [-0.3, -0.25) is 9.59 Å². The highest BCUT2D eigenvalue weighted by Crippen LogP contribution is 2.17. The number of benzene rings is 1. The Morgan fingerprint density at radius 1 is 1.29 bits per heavy atom. The van der Waals surface area contributed by atoms with Crippen molar-refractivity contribution in [3.8, 4) is 0 Å². The SMILES string of the molecule is C=CC(=O)Nc1ccc(CC(=O)NCc2nc(C(C)C)cs2)cc1. The normalized spacial score (nSPS) is 10.5. The second-order valence-electron chi connectivity index (χ2n) is 5.66. The van der Waals surface area contributed by atoms with Crippen LogP contribution in [0.3, 0.4) is 0 Å². The van der Waals surface area contributed by atoms with Crippen LogP contribution in [0.25, 0.3) is 0 Å². The molecule has 1 heterocycles. The molecular formula is C18H21N3O2S. The van der Waals surface area contributed by atoms with Crippen LogP contribution < -0.4 is 10.6 Å². The quantitative estimate of drug-likeness (QED) is 0.758. The zero-order valence-electron chi connectivity index (χ0n) is 13.8. The molecule has 0 saturated carbocycles. The van der Waals surface area contributed by atoms with E-state index in [9.17, 15) is 9.59 Å². The standard InChI is InChI=1S/C18H21N3O2S/c1-4-16(22)20-14-7-5-13(6-8-14)9-17(23)19-10-18-21-15(11-24-18)12(2)3/h4-8,11-12H,1,9-10H2,2-3H3,(H,19,23)(H,20,22). The third-order valence-electron chi connectivity index (χ3n) is 3.37. The van der Waals surface area contributed by atoms with E-state index in [1.54, 1.807) is 23.5 Å². The summed E-state index contributed by atoms with van der Waals surface area (Å²) in [7, 11) is 0. The van der Waals surface area contributed by atoms with Crippen molar-refractivity contribution in [3.63, 3.8) is 0 Å². The van der Waals surface area contributed by atoms with Crippen LogP contribution in [-0.4, -0.2) is 16.8 Å². The molecule has 0 unspecified atom stereocenters. The summed E-state index contributed by atoms with van der Waals surface area (Å²) in [5, 5.41) is 8.49. The van der Waals surface area contributed by atoms with Crippen LogP contribution in [-0.2, 0) is 22.6 Å². The number of amides is 2. The molecule has 6 heteroatoms. The number of nitrogens with one attached hydrogen (secondary N) is 2. The number of carbonyl (C=O) groups excluding carboxylic acids is 2. The molecule has 2 rings (SSSR count). The lowest BCUT2D eigenvalue weighted by Gasteiger charge is -2.06. The van der Waals surface area contributed by atoms with Crippen molar-refractivity contribution in [1.82, 2.24) is 10.3 Å². The number of carbonyl (C=O) groups is 2. The average molecular weight is 343 g/mol. The third-order valence-corrected chi connectivity index (χ3v) is 4.24. The van der Waals surface area contributed by atoms with Crippen molar-refractivity contribution in [2.75, 3.05) is 5.32 Å². The van der Waals surface area contributed by atoms with Crippen molar-refractivity contribution in [2.45, 2.75) is 32.7 Å². The fraction of sp³-hybridized carbons (Fsp3) is 0.278. The van der Waals surface area contributed by atoms with E-state index >= 15 is 0 Å². The number of nitrogens with zero attached hydrogens (tertiary/aromatic N) is 1. The van der Waals surface area contributed by atoms with Gasteiger partial charge in [0.05, 0.1) is 18.7 Å². The van der Waals surface area contributed by atoms with Crippen LogP contribution in [0.2, 0.25) is 0 Å². The molecule has 0 aliphatic heterocycles.